The van der Waals surface area contributed by atoms with Crippen LogP contribution in [0.4, 0.5) is 0 Å². The predicted molar refractivity (Wildman–Crippen MR) is 68.7 cm³/mol. The van der Waals surface area contributed by atoms with Crippen molar-refractivity contribution in [2.45, 2.75) is 26.7 Å². The van der Waals surface area contributed by atoms with Crippen molar-refractivity contribution in [3.63, 3.8) is 0 Å². The monoisotopic (exact) mass is 265 g/mol. The van der Waals surface area contributed by atoms with E-state index in [1.165, 1.54) is 0 Å². The van der Waals surface area contributed by atoms with Gasteiger partial charge in [-0.1, -0.05) is 19.0 Å². The first-order valence-corrected chi connectivity index (χ1v) is 6.50. The summed E-state index contributed by atoms with van der Waals surface area (Å²) in [5.74, 6) is 0.851. The molecule has 19 heavy (non-hydrogen) atoms. The third-order valence-electron chi connectivity index (χ3n) is 3.33. The Kier molecular flexibility index (Phi) is 3.87. The van der Waals surface area contributed by atoms with Crippen LogP contribution in [-0.2, 0) is 4.79 Å². The Morgan fingerprint density at radius 3 is 2.26 bits per heavy atom. The summed E-state index contributed by atoms with van der Waals surface area (Å²) in [6, 6.07) is 1.70. The van der Waals surface area contributed by atoms with Gasteiger partial charge in [0.1, 0.15) is 5.76 Å². The highest BCUT2D eigenvalue weighted by atomic mass is 16.5. The normalized spacial score (nSPS) is 16.0. The molecule has 0 saturated carbocycles. The van der Waals surface area contributed by atoms with Crippen LogP contribution in [0.3, 0.4) is 0 Å². The van der Waals surface area contributed by atoms with Crippen molar-refractivity contribution in [2.75, 3.05) is 26.2 Å². The number of nitrogens with zero attached hydrogens (tertiary/aromatic N) is 3. The molecule has 6 heteroatoms. The summed E-state index contributed by atoms with van der Waals surface area (Å²) in [7, 11) is 0. The lowest BCUT2D eigenvalue weighted by atomic mass is 10.1. The Balaban J connectivity index is 1.99. The van der Waals surface area contributed by atoms with E-state index in [2.05, 4.69) is 5.16 Å². The molecule has 1 aliphatic rings. The Labute approximate surface area is 112 Å². The number of carbonyl (C=O) groups is 2. The number of hydrogen-bond donors (Lipinski definition) is 0. The van der Waals surface area contributed by atoms with E-state index in [0.29, 0.717) is 37.6 Å². The Morgan fingerprint density at radius 2 is 1.79 bits per heavy atom. The zero-order valence-electron chi connectivity index (χ0n) is 11.5. The lowest BCUT2D eigenvalue weighted by molar-refractivity contribution is -0.130. The number of hydrogen-bond acceptors (Lipinski definition) is 4. The van der Waals surface area contributed by atoms with Crippen molar-refractivity contribution < 1.29 is 14.1 Å². The molecule has 0 spiro atoms. The van der Waals surface area contributed by atoms with Crippen LogP contribution in [0.2, 0.25) is 0 Å². The minimum atomic E-state index is -0.126. The number of aromatic nitrogens is 1. The summed E-state index contributed by atoms with van der Waals surface area (Å²) in [5, 5.41) is 3.82. The van der Waals surface area contributed by atoms with Crippen molar-refractivity contribution in [3.8, 4) is 0 Å². The second-order valence-electron chi connectivity index (χ2n) is 5.07. The third-order valence-corrected chi connectivity index (χ3v) is 3.33. The quantitative estimate of drug-likeness (QED) is 0.803. The Morgan fingerprint density at radius 1 is 1.21 bits per heavy atom. The van der Waals surface area contributed by atoms with E-state index in [0.717, 1.165) is 0 Å². The standard InChI is InChI=1S/C13H19N3O3/c1-9(2)12-8-11(14-19-12)13(18)16-6-4-15(5-7-16)10(3)17/h8-9H,4-7H2,1-3H3. The fourth-order valence-corrected chi connectivity index (χ4v) is 2.05. The molecule has 0 aromatic carbocycles. The van der Waals surface area contributed by atoms with Gasteiger partial charge in [-0.15, -0.1) is 0 Å². The predicted octanol–water partition coefficient (Wildman–Crippen LogP) is 1.10. The number of rotatable bonds is 2. The van der Waals surface area contributed by atoms with Crippen molar-refractivity contribution in [2.24, 2.45) is 0 Å². The second-order valence-corrected chi connectivity index (χ2v) is 5.07. The molecule has 0 unspecified atom stereocenters. The first-order chi connectivity index (χ1) is 8.99. The van der Waals surface area contributed by atoms with E-state index in [1.807, 2.05) is 13.8 Å². The van der Waals surface area contributed by atoms with Crippen molar-refractivity contribution in [1.82, 2.24) is 15.0 Å². The minimum absolute atomic E-state index is 0.0515. The molecule has 0 bridgehead atoms. The average Bonchev–Trinajstić information content (AvgIpc) is 2.87. The van der Waals surface area contributed by atoms with E-state index in [9.17, 15) is 9.59 Å². The molecular formula is C13H19N3O3. The summed E-state index contributed by atoms with van der Waals surface area (Å²) < 4.78 is 5.14. The number of amides is 2. The third kappa shape index (κ3) is 2.94. The van der Waals surface area contributed by atoms with Crippen LogP contribution < -0.4 is 0 Å². The fraction of sp³-hybridized carbons (Fsp3) is 0.615. The van der Waals surface area contributed by atoms with Gasteiger partial charge in [0.15, 0.2) is 5.69 Å². The number of piperazine rings is 1. The van der Waals surface area contributed by atoms with Crippen LogP contribution in [0.25, 0.3) is 0 Å². The molecule has 1 aliphatic heterocycles. The molecule has 1 saturated heterocycles. The van der Waals surface area contributed by atoms with Gasteiger partial charge in [-0.3, -0.25) is 9.59 Å². The lowest BCUT2D eigenvalue weighted by Crippen LogP contribution is -2.50. The van der Waals surface area contributed by atoms with E-state index in [4.69, 9.17) is 4.52 Å². The molecule has 2 amide bonds. The van der Waals surface area contributed by atoms with Crippen LogP contribution in [0, 0.1) is 0 Å². The molecule has 0 aliphatic carbocycles. The fourth-order valence-electron chi connectivity index (χ4n) is 2.05. The van der Waals surface area contributed by atoms with Gasteiger partial charge in [0, 0.05) is 45.1 Å². The van der Waals surface area contributed by atoms with Gasteiger partial charge in [0.2, 0.25) is 5.91 Å². The summed E-state index contributed by atoms with van der Waals surface area (Å²) in [6.07, 6.45) is 0. The highest BCUT2D eigenvalue weighted by molar-refractivity contribution is 5.92. The molecule has 104 valence electrons. The van der Waals surface area contributed by atoms with Gasteiger partial charge in [0.05, 0.1) is 0 Å². The molecule has 2 rings (SSSR count). The minimum Gasteiger partial charge on any atom is -0.360 e. The summed E-state index contributed by atoms with van der Waals surface area (Å²) in [5.41, 5.74) is 0.347. The largest absolute Gasteiger partial charge is 0.360 e. The molecule has 0 radical (unpaired) electrons. The van der Waals surface area contributed by atoms with E-state index in [-0.39, 0.29) is 17.7 Å². The van der Waals surface area contributed by atoms with Crippen molar-refractivity contribution in [1.29, 1.82) is 0 Å². The number of carbonyl (C=O) groups excluding carboxylic acids is 2. The maximum Gasteiger partial charge on any atom is 0.276 e. The molecular weight excluding hydrogens is 246 g/mol. The van der Waals surface area contributed by atoms with Gasteiger partial charge in [-0.05, 0) is 0 Å². The van der Waals surface area contributed by atoms with Gasteiger partial charge in [-0.2, -0.15) is 0 Å². The zero-order valence-corrected chi connectivity index (χ0v) is 11.5. The SMILES string of the molecule is CC(=O)N1CCN(C(=O)c2cc(C(C)C)on2)CC1. The summed E-state index contributed by atoms with van der Waals surface area (Å²) in [6.45, 7) is 7.77. The molecule has 2 heterocycles. The van der Waals surface area contributed by atoms with E-state index < -0.39 is 0 Å². The van der Waals surface area contributed by atoms with Crippen LogP contribution in [0.1, 0.15) is 42.9 Å². The van der Waals surface area contributed by atoms with Crippen molar-refractivity contribution >= 4 is 11.8 Å². The van der Waals surface area contributed by atoms with E-state index in [1.54, 1.807) is 22.8 Å². The second kappa shape index (κ2) is 5.42. The topological polar surface area (TPSA) is 66.7 Å². The van der Waals surface area contributed by atoms with Crippen molar-refractivity contribution in [3.05, 3.63) is 17.5 Å². The maximum absolute atomic E-state index is 12.2. The van der Waals surface area contributed by atoms with Gasteiger partial charge < -0.3 is 14.3 Å². The zero-order chi connectivity index (χ0) is 14.0. The first-order valence-electron chi connectivity index (χ1n) is 6.50. The molecule has 1 aromatic heterocycles. The molecule has 0 atom stereocenters. The molecule has 6 nitrogen and oxygen atoms in total. The van der Waals surface area contributed by atoms with Gasteiger partial charge in [-0.25, -0.2) is 0 Å². The lowest BCUT2D eigenvalue weighted by Gasteiger charge is -2.33. The average molecular weight is 265 g/mol. The smallest absolute Gasteiger partial charge is 0.276 e. The van der Waals surface area contributed by atoms with Crippen LogP contribution >= 0.6 is 0 Å². The molecule has 0 N–H and O–H groups in total. The maximum atomic E-state index is 12.2. The summed E-state index contributed by atoms with van der Waals surface area (Å²) >= 11 is 0. The molecule has 1 aromatic rings. The Hall–Kier alpha value is -1.85. The first kappa shape index (κ1) is 13.6. The molecule has 1 fully saturated rings. The van der Waals surface area contributed by atoms with Crippen LogP contribution in [0.15, 0.2) is 10.6 Å². The van der Waals surface area contributed by atoms with E-state index >= 15 is 0 Å². The summed E-state index contributed by atoms with van der Waals surface area (Å²) in [4.78, 5) is 26.9. The highest BCUT2D eigenvalue weighted by Gasteiger charge is 2.25. The van der Waals surface area contributed by atoms with Gasteiger partial charge >= 0.3 is 0 Å². The Bertz CT molecular complexity index is 473. The highest BCUT2D eigenvalue weighted by Crippen LogP contribution is 2.16. The van der Waals surface area contributed by atoms with Crippen LogP contribution in [0.5, 0.6) is 0 Å². The van der Waals surface area contributed by atoms with Crippen LogP contribution in [-0.4, -0.2) is 52.9 Å². The van der Waals surface area contributed by atoms with Gasteiger partial charge in [0.25, 0.3) is 5.91 Å².